The summed E-state index contributed by atoms with van der Waals surface area (Å²) < 4.78 is 5.63. The molecule has 0 aliphatic carbocycles. The minimum Gasteiger partial charge on any atom is -0.494 e. The Morgan fingerprint density at radius 2 is 1.87 bits per heavy atom. The van der Waals surface area contributed by atoms with Crippen molar-refractivity contribution in [2.75, 3.05) is 17.7 Å². The molecule has 2 aromatic rings. The number of para-hydroxylation sites is 1. The summed E-state index contributed by atoms with van der Waals surface area (Å²) in [5.74, 6) is 1.71. The van der Waals surface area contributed by atoms with Gasteiger partial charge < -0.3 is 10.1 Å². The summed E-state index contributed by atoms with van der Waals surface area (Å²) >= 11 is 7.45. The molecule has 0 saturated heterocycles. The first-order valence-corrected chi connectivity index (χ1v) is 8.94. The van der Waals surface area contributed by atoms with Crippen LogP contribution < -0.4 is 10.1 Å². The highest BCUT2D eigenvalue weighted by Crippen LogP contribution is 2.17. The van der Waals surface area contributed by atoms with Crippen LogP contribution >= 0.6 is 23.4 Å². The standard InChI is InChI=1S/C18H20ClNO2S/c1-14(18(21)20-16-6-3-2-4-7-16)23-13-5-12-22-17-10-8-15(19)9-11-17/h2-4,6-11,14H,5,12-13H2,1H3,(H,20,21). The Kier molecular flexibility index (Phi) is 7.30. The lowest BCUT2D eigenvalue weighted by atomic mass is 10.3. The number of hydrogen-bond acceptors (Lipinski definition) is 3. The monoisotopic (exact) mass is 349 g/mol. The summed E-state index contributed by atoms with van der Waals surface area (Å²) in [5.41, 5.74) is 0.830. The number of rotatable bonds is 8. The van der Waals surface area contributed by atoms with E-state index in [9.17, 15) is 4.79 Å². The van der Waals surface area contributed by atoms with E-state index in [4.69, 9.17) is 16.3 Å². The molecule has 0 radical (unpaired) electrons. The maximum atomic E-state index is 12.1. The molecule has 2 aromatic carbocycles. The third-order valence-corrected chi connectivity index (χ3v) is 4.64. The van der Waals surface area contributed by atoms with Crippen molar-refractivity contribution in [2.24, 2.45) is 0 Å². The molecule has 23 heavy (non-hydrogen) atoms. The zero-order chi connectivity index (χ0) is 16.5. The highest BCUT2D eigenvalue weighted by Gasteiger charge is 2.12. The normalized spacial score (nSPS) is 11.7. The van der Waals surface area contributed by atoms with E-state index in [0.29, 0.717) is 11.6 Å². The van der Waals surface area contributed by atoms with Gasteiger partial charge in [-0.15, -0.1) is 11.8 Å². The summed E-state index contributed by atoms with van der Waals surface area (Å²) in [7, 11) is 0. The fourth-order valence-corrected chi connectivity index (χ4v) is 2.86. The number of amides is 1. The Balaban J connectivity index is 1.61. The first kappa shape index (κ1) is 17.7. The number of ether oxygens (including phenoxy) is 1. The van der Waals surface area contributed by atoms with Gasteiger partial charge in [0.05, 0.1) is 11.9 Å². The van der Waals surface area contributed by atoms with Crippen LogP contribution in [0.3, 0.4) is 0 Å². The molecule has 0 aliphatic heterocycles. The summed E-state index contributed by atoms with van der Waals surface area (Å²) in [5, 5.41) is 3.52. The van der Waals surface area contributed by atoms with E-state index in [2.05, 4.69) is 5.32 Å². The second-order valence-electron chi connectivity index (χ2n) is 5.02. The summed E-state index contributed by atoms with van der Waals surface area (Å²) in [6, 6.07) is 16.8. The van der Waals surface area contributed by atoms with Crippen molar-refractivity contribution in [1.29, 1.82) is 0 Å². The molecule has 5 heteroatoms. The number of thioether (sulfide) groups is 1. The van der Waals surface area contributed by atoms with Gasteiger partial charge >= 0.3 is 0 Å². The van der Waals surface area contributed by atoms with Gasteiger partial charge in [0, 0.05) is 10.7 Å². The number of anilines is 1. The maximum Gasteiger partial charge on any atom is 0.237 e. The molecule has 0 spiro atoms. The largest absolute Gasteiger partial charge is 0.494 e. The average molecular weight is 350 g/mol. The molecular formula is C18H20ClNO2S. The Bertz CT molecular complexity index is 604. The highest BCUT2D eigenvalue weighted by molar-refractivity contribution is 8.00. The second-order valence-corrected chi connectivity index (χ2v) is 6.91. The lowest BCUT2D eigenvalue weighted by molar-refractivity contribution is -0.115. The van der Waals surface area contributed by atoms with Crippen LogP contribution in [0.25, 0.3) is 0 Å². The predicted molar refractivity (Wildman–Crippen MR) is 98.6 cm³/mol. The molecular weight excluding hydrogens is 330 g/mol. The SMILES string of the molecule is CC(SCCCOc1ccc(Cl)cc1)C(=O)Nc1ccccc1. The van der Waals surface area contributed by atoms with Gasteiger partial charge in [0.25, 0.3) is 0 Å². The molecule has 0 heterocycles. The number of halogens is 1. The first-order chi connectivity index (χ1) is 11.1. The van der Waals surface area contributed by atoms with Crippen molar-refractivity contribution in [2.45, 2.75) is 18.6 Å². The Labute approximate surface area is 146 Å². The van der Waals surface area contributed by atoms with Crippen LogP contribution in [0.15, 0.2) is 54.6 Å². The van der Waals surface area contributed by atoms with E-state index in [-0.39, 0.29) is 11.2 Å². The van der Waals surface area contributed by atoms with Gasteiger partial charge in [-0.25, -0.2) is 0 Å². The van der Waals surface area contributed by atoms with Gasteiger partial charge in [0.1, 0.15) is 5.75 Å². The third-order valence-electron chi connectivity index (χ3n) is 3.15. The van der Waals surface area contributed by atoms with Gasteiger partial charge in [0.15, 0.2) is 0 Å². The third kappa shape index (κ3) is 6.55. The van der Waals surface area contributed by atoms with Crippen LogP contribution in [0.1, 0.15) is 13.3 Å². The molecule has 2 rings (SSSR count). The number of nitrogens with one attached hydrogen (secondary N) is 1. The molecule has 1 N–H and O–H groups in total. The molecule has 0 saturated carbocycles. The van der Waals surface area contributed by atoms with Gasteiger partial charge in [-0.1, -0.05) is 29.8 Å². The zero-order valence-electron chi connectivity index (χ0n) is 13.0. The Hall–Kier alpha value is -1.65. The lowest BCUT2D eigenvalue weighted by Crippen LogP contribution is -2.22. The Morgan fingerprint density at radius 1 is 1.17 bits per heavy atom. The summed E-state index contributed by atoms with van der Waals surface area (Å²) in [6.45, 7) is 2.55. The van der Waals surface area contributed by atoms with Crippen molar-refractivity contribution in [3.63, 3.8) is 0 Å². The van der Waals surface area contributed by atoms with Crippen LogP contribution in [0.4, 0.5) is 5.69 Å². The highest BCUT2D eigenvalue weighted by atomic mass is 35.5. The van der Waals surface area contributed by atoms with Crippen molar-refractivity contribution in [3.8, 4) is 5.75 Å². The fraction of sp³-hybridized carbons (Fsp3) is 0.278. The van der Waals surface area contributed by atoms with Crippen LogP contribution in [0, 0.1) is 0 Å². The van der Waals surface area contributed by atoms with E-state index in [0.717, 1.165) is 23.6 Å². The predicted octanol–water partition coefficient (Wildman–Crippen LogP) is 4.87. The van der Waals surface area contributed by atoms with Crippen LogP contribution in [-0.4, -0.2) is 23.5 Å². The number of hydrogen-bond donors (Lipinski definition) is 1. The van der Waals surface area contributed by atoms with E-state index >= 15 is 0 Å². The topological polar surface area (TPSA) is 38.3 Å². The minimum absolute atomic E-state index is 0.0276. The molecule has 0 aliphatic rings. The average Bonchev–Trinajstić information content (AvgIpc) is 2.57. The van der Waals surface area contributed by atoms with Crippen molar-refractivity contribution in [3.05, 3.63) is 59.6 Å². The lowest BCUT2D eigenvalue weighted by Gasteiger charge is -2.12. The molecule has 3 nitrogen and oxygen atoms in total. The van der Waals surface area contributed by atoms with Crippen LogP contribution in [-0.2, 0) is 4.79 Å². The summed E-state index contributed by atoms with van der Waals surface area (Å²) in [4.78, 5) is 12.1. The van der Waals surface area contributed by atoms with Gasteiger partial charge in [-0.3, -0.25) is 4.79 Å². The van der Waals surface area contributed by atoms with Crippen LogP contribution in [0.5, 0.6) is 5.75 Å². The van der Waals surface area contributed by atoms with E-state index in [1.807, 2.05) is 61.5 Å². The van der Waals surface area contributed by atoms with E-state index in [1.54, 1.807) is 11.8 Å². The zero-order valence-corrected chi connectivity index (χ0v) is 14.6. The Morgan fingerprint density at radius 3 is 2.57 bits per heavy atom. The summed E-state index contributed by atoms with van der Waals surface area (Å²) in [6.07, 6.45) is 0.885. The van der Waals surface area contributed by atoms with Crippen molar-refractivity contribution < 1.29 is 9.53 Å². The number of carbonyl (C=O) groups excluding carboxylic acids is 1. The van der Waals surface area contributed by atoms with Crippen molar-refractivity contribution >= 4 is 35.0 Å². The molecule has 0 bridgehead atoms. The smallest absolute Gasteiger partial charge is 0.237 e. The molecule has 0 aromatic heterocycles. The van der Waals surface area contributed by atoms with E-state index < -0.39 is 0 Å². The fourth-order valence-electron chi connectivity index (χ4n) is 1.88. The van der Waals surface area contributed by atoms with Crippen molar-refractivity contribution in [1.82, 2.24) is 0 Å². The van der Waals surface area contributed by atoms with Crippen LogP contribution in [0.2, 0.25) is 5.02 Å². The quantitative estimate of drug-likeness (QED) is 0.691. The number of carbonyl (C=O) groups is 1. The molecule has 1 atom stereocenters. The van der Waals surface area contributed by atoms with Gasteiger partial charge in [-0.05, 0) is 55.5 Å². The maximum absolute atomic E-state index is 12.1. The molecule has 1 unspecified atom stereocenters. The second kappa shape index (κ2) is 9.48. The molecule has 122 valence electrons. The number of benzene rings is 2. The first-order valence-electron chi connectivity index (χ1n) is 7.51. The van der Waals surface area contributed by atoms with E-state index in [1.165, 1.54) is 0 Å². The minimum atomic E-state index is -0.0919. The van der Waals surface area contributed by atoms with Gasteiger partial charge in [0.2, 0.25) is 5.91 Å². The molecule has 1 amide bonds. The van der Waals surface area contributed by atoms with Gasteiger partial charge in [-0.2, -0.15) is 0 Å². The molecule has 0 fully saturated rings.